The molecule has 0 amide bonds. The lowest BCUT2D eigenvalue weighted by Gasteiger charge is -2.20. The predicted octanol–water partition coefficient (Wildman–Crippen LogP) is 2.25. The van der Waals surface area contributed by atoms with E-state index in [4.69, 9.17) is 0 Å². The number of benzene rings is 1. The molecule has 1 aromatic carbocycles. The van der Waals surface area contributed by atoms with E-state index in [0.717, 1.165) is 25.7 Å². The summed E-state index contributed by atoms with van der Waals surface area (Å²) in [5.41, 5.74) is 0.426. The van der Waals surface area contributed by atoms with Gasteiger partial charge in [0.2, 0.25) is 10.0 Å². The van der Waals surface area contributed by atoms with Gasteiger partial charge in [-0.25, -0.2) is 12.8 Å². The quantitative estimate of drug-likeness (QED) is 0.840. The number of nitrogens with one attached hydrogen (secondary N) is 1. The van der Waals surface area contributed by atoms with E-state index in [1.54, 1.807) is 0 Å². The second-order valence-corrected chi connectivity index (χ2v) is 7.74. The third kappa shape index (κ3) is 3.27. The summed E-state index contributed by atoms with van der Waals surface area (Å²) in [6.07, 6.45) is 4.07. The molecular formula is C15H21FN2O2S. The summed E-state index contributed by atoms with van der Waals surface area (Å²) >= 11 is 0. The highest BCUT2D eigenvalue weighted by molar-refractivity contribution is 7.89. The van der Waals surface area contributed by atoms with Crippen molar-refractivity contribution in [2.24, 2.45) is 0 Å². The second-order valence-electron chi connectivity index (χ2n) is 5.85. The van der Waals surface area contributed by atoms with Crippen LogP contribution in [0.3, 0.4) is 0 Å². The van der Waals surface area contributed by atoms with Crippen molar-refractivity contribution >= 4 is 10.0 Å². The SMILES string of the molecule is CCN(C1CC1)S(=O)(=O)c1ccc(F)c(CNC2CC2)c1. The highest BCUT2D eigenvalue weighted by Crippen LogP contribution is 2.32. The molecule has 0 heterocycles. The van der Waals surface area contributed by atoms with Crippen molar-refractivity contribution in [1.82, 2.24) is 9.62 Å². The first kappa shape index (κ1) is 14.9. The maximum absolute atomic E-state index is 13.8. The van der Waals surface area contributed by atoms with E-state index in [0.29, 0.717) is 24.7 Å². The van der Waals surface area contributed by atoms with E-state index >= 15 is 0 Å². The lowest BCUT2D eigenvalue weighted by Crippen LogP contribution is -2.33. The fourth-order valence-corrected chi connectivity index (χ4v) is 4.26. The Morgan fingerprint density at radius 2 is 2.00 bits per heavy atom. The van der Waals surface area contributed by atoms with Crippen LogP contribution in [-0.4, -0.2) is 31.4 Å². The van der Waals surface area contributed by atoms with Gasteiger partial charge in [0.25, 0.3) is 0 Å². The lowest BCUT2D eigenvalue weighted by atomic mass is 10.2. The molecule has 0 spiro atoms. The third-order valence-electron chi connectivity index (χ3n) is 4.05. The maximum atomic E-state index is 13.8. The van der Waals surface area contributed by atoms with Gasteiger partial charge in [0.15, 0.2) is 0 Å². The number of hydrogen-bond donors (Lipinski definition) is 1. The summed E-state index contributed by atoms with van der Waals surface area (Å²) in [5.74, 6) is -0.350. The van der Waals surface area contributed by atoms with Crippen molar-refractivity contribution < 1.29 is 12.8 Å². The van der Waals surface area contributed by atoms with Gasteiger partial charge < -0.3 is 5.32 Å². The Balaban J connectivity index is 1.84. The molecule has 0 radical (unpaired) electrons. The fourth-order valence-electron chi connectivity index (χ4n) is 2.51. The maximum Gasteiger partial charge on any atom is 0.243 e. The van der Waals surface area contributed by atoms with Crippen LogP contribution in [0.1, 0.15) is 38.2 Å². The summed E-state index contributed by atoms with van der Waals surface area (Å²) < 4.78 is 40.6. The summed E-state index contributed by atoms with van der Waals surface area (Å²) in [5, 5.41) is 3.22. The number of halogens is 1. The molecule has 0 bridgehead atoms. The van der Waals surface area contributed by atoms with Gasteiger partial charge in [-0.15, -0.1) is 0 Å². The molecule has 3 rings (SSSR count). The molecule has 2 aliphatic rings. The van der Waals surface area contributed by atoms with Crippen molar-refractivity contribution in [2.75, 3.05) is 6.54 Å². The number of hydrogen-bond acceptors (Lipinski definition) is 3. The van der Waals surface area contributed by atoms with E-state index in [1.165, 1.54) is 22.5 Å². The van der Waals surface area contributed by atoms with Crippen LogP contribution in [0.2, 0.25) is 0 Å². The molecule has 0 saturated heterocycles. The van der Waals surface area contributed by atoms with Crippen LogP contribution in [0.15, 0.2) is 23.1 Å². The molecule has 0 unspecified atom stereocenters. The smallest absolute Gasteiger partial charge is 0.243 e. The van der Waals surface area contributed by atoms with Crippen LogP contribution in [0, 0.1) is 5.82 Å². The topological polar surface area (TPSA) is 49.4 Å². The van der Waals surface area contributed by atoms with E-state index in [-0.39, 0.29) is 16.8 Å². The zero-order valence-corrected chi connectivity index (χ0v) is 13.0. The van der Waals surface area contributed by atoms with Crippen LogP contribution in [0.5, 0.6) is 0 Å². The van der Waals surface area contributed by atoms with Gasteiger partial charge in [0, 0.05) is 30.7 Å². The van der Waals surface area contributed by atoms with Crippen LogP contribution in [0.25, 0.3) is 0 Å². The average Bonchev–Trinajstić information content (AvgIpc) is 3.32. The normalized spacial score (nSPS) is 19.2. The molecule has 1 aromatic rings. The summed E-state index contributed by atoms with van der Waals surface area (Å²) in [6.45, 7) is 2.68. The minimum Gasteiger partial charge on any atom is -0.310 e. The van der Waals surface area contributed by atoms with Gasteiger partial charge >= 0.3 is 0 Å². The first-order valence-corrected chi connectivity index (χ1v) is 9.00. The Morgan fingerprint density at radius 1 is 1.29 bits per heavy atom. The molecule has 4 nitrogen and oxygen atoms in total. The third-order valence-corrected chi connectivity index (χ3v) is 6.07. The van der Waals surface area contributed by atoms with E-state index in [1.807, 2.05) is 6.92 Å². The number of rotatable bonds is 7. The minimum absolute atomic E-state index is 0.123. The molecule has 116 valence electrons. The van der Waals surface area contributed by atoms with Gasteiger partial charge in [0.1, 0.15) is 5.82 Å². The highest BCUT2D eigenvalue weighted by Gasteiger charge is 2.37. The molecule has 0 aliphatic heterocycles. The first-order valence-electron chi connectivity index (χ1n) is 7.56. The van der Waals surface area contributed by atoms with Crippen LogP contribution in [-0.2, 0) is 16.6 Å². The Hall–Kier alpha value is -0.980. The molecule has 2 aliphatic carbocycles. The van der Waals surface area contributed by atoms with Gasteiger partial charge in [-0.2, -0.15) is 4.31 Å². The Labute approximate surface area is 125 Å². The molecular weight excluding hydrogens is 291 g/mol. The Bertz CT molecular complexity index is 625. The average molecular weight is 312 g/mol. The summed E-state index contributed by atoms with van der Waals surface area (Å²) in [6, 6.07) is 4.69. The minimum atomic E-state index is -3.51. The number of nitrogens with zero attached hydrogens (tertiary/aromatic N) is 1. The Kier molecular flexibility index (Phi) is 4.03. The van der Waals surface area contributed by atoms with Crippen LogP contribution in [0.4, 0.5) is 4.39 Å². The molecule has 2 saturated carbocycles. The molecule has 21 heavy (non-hydrogen) atoms. The molecule has 1 N–H and O–H groups in total. The van der Waals surface area contributed by atoms with Gasteiger partial charge in [-0.05, 0) is 43.9 Å². The second kappa shape index (κ2) is 5.66. The van der Waals surface area contributed by atoms with Gasteiger partial charge in [0.05, 0.1) is 4.90 Å². The van der Waals surface area contributed by atoms with E-state index < -0.39 is 10.0 Å². The van der Waals surface area contributed by atoms with E-state index in [2.05, 4.69) is 5.32 Å². The highest BCUT2D eigenvalue weighted by atomic mass is 32.2. The Morgan fingerprint density at radius 3 is 2.57 bits per heavy atom. The van der Waals surface area contributed by atoms with E-state index in [9.17, 15) is 12.8 Å². The van der Waals surface area contributed by atoms with Crippen LogP contribution < -0.4 is 5.32 Å². The molecule has 0 atom stereocenters. The molecule has 2 fully saturated rings. The van der Waals surface area contributed by atoms with Gasteiger partial charge in [-0.3, -0.25) is 0 Å². The zero-order chi connectivity index (χ0) is 15.0. The summed E-state index contributed by atoms with van der Waals surface area (Å²) in [7, 11) is -3.51. The first-order chi connectivity index (χ1) is 10.0. The summed E-state index contributed by atoms with van der Waals surface area (Å²) in [4.78, 5) is 0.199. The fraction of sp³-hybridized carbons (Fsp3) is 0.600. The molecule has 0 aromatic heterocycles. The standard InChI is InChI=1S/C15H21FN2O2S/c1-2-18(13-5-6-13)21(19,20)14-7-8-15(16)11(9-14)10-17-12-3-4-12/h7-9,12-13,17H,2-6,10H2,1H3. The van der Waals surface area contributed by atoms with Crippen molar-refractivity contribution in [3.63, 3.8) is 0 Å². The number of sulfonamides is 1. The lowest BCUT2D eigenvalue weighted by molar-refractivity contribution is 0.420. The van der Waals surface area contributed by atoms with Gasteiger partial charge in [-0.1, -0.05) is 6.92 Å². The zero-order valence-electron chi connectivity index (χ0n) is 12.2. The van der Waals surface area contributed by atoms with Crippen molar-refractivity contribution in [1.29, 1.82) is 0 Å². The van der Waals surface area contributed by atoms with Crippen molar-refractivity contribution in [2.45, 2.75) is 56.1 Å². The predicted molar refractivity (Wildman–Crippen MR) is 78.8 cm³/mol. The molecule has 6 heteroatoms. The van der Waals surface area contributed by atoms with Crippen molar-refractivity contribution in [3.8, 4) is 0 Å². The van der Waals surface area contributed by atoms with Crippen LogP contribution >= 0.6 is 0 Å². The monoisotopic (exact) mass is 312 g/mol. The van der Waals surface area contributed by atoms with Crippen molar-refractivity contribution in [3.05, 3.63) is 29.6 Å². The largest absolute Gasteiger partial charge is 0.310 e.